The van der Waals surface area contributed by atoms with Crippen LogP contribution in [0.2, 0.25) is 0 Å². The van der Waals surface area contributed by atoms with Crippen LogP contribution >= 0.6 is 24.0 Å². The van der Waals surface area contributed by atoms with Crippen molar-refractivity contribution < 1.29 is 9.53 Å². The minimum atomic E-state index is -0.291. The van der Waals surface area contributed by atoms with Gasteiger partial charge in [0.2, 0.25) is 5.91 Å². The molecule has 8 nitrogen and oxygen atoms in total. The Morgan fingerprint density at radius 3 is 2.45 bits per heavy atom. The Balaban J connectivity index is 0.00000480. The molecule has 0 aliphatic carbocycles. The fraction of sp³-hybridized carbons (Fsp3) is 0.500. The van der Waals surface area contributed by atoms with Crippen molar-refractivity contribution in [3.8, 4) is 5.75 Å². The Bertz CT molecular complexity index is 840. The van der Waals surface area contributed by atoms with Crippen molar-refractivity contribution in [2.24, 2.45) is 12.0 Å². The molecule has 3 N–H and O–H groups in total. The zero-order valence-electron chi connectivity index (χ0n) is 19.2. The minimum Gasteiger partial charge on any atom is -0.491 e. The third kappa shape index (κ3) is 11.0. The molecule has 0 radical (unpaired) electrons. The Kier molecular flexibility index (Phi) is 10.8. The summed E-state index contributed by atoms with van der Waals surface area (Å²) in [4.78, 5) is 16.6. The molecule has 2 rings (SSSR count). The van der Waals surface area contributed by atoms with Crippen LogP contribution in [0.15, 0.2) is 41.7 Å². The van der Waals surface area contributed by atoms with Crippen LogP contribution in [-0.4, -0.2) is 46.4 Å². The molecule has 0 bridgehead atoms. The number of ether oxygens (including phenoxy) is 1. The van der Waals surface area contributed by atoms with Crippen LogP contribution in [0.25, 0.3) is 0 Å². The molecule has 0 unspecified atom stereocenters. The SMILES string of the molecule is CC(C)Oc1ccc(NC(=NCC(=O)NC(C)(C)C)NCCc2cnn(C)c2)cc1.I. The number of aliphatic imine (C=N–C) groups is 1. The van der Waals surface area contributed by atoms with Gasteiger partial charge in [-0.3, -0.25) is 9.48 Å². The van der Waals surface area contributed by atoms with E-state index in [4.69, 9.17) is 4.74 Å². The molecule has 31 heavy (non-hydrogen) atoms. The number of guanidine groups is 1. The molecule has 9 heteroatoms. The van der Waals surface area contributed by atoms with E-state index in [9.17, 15) is 4.79 Å². The summed E-state index contributed by atoms with van der Waals surface area (Å²) in [7, 11) is 1.89. The van der Waals surface area contributed by atoms with Crippen molar-refractivity contribution in [1.29, 1.82) is 0 Å². The van der Waals surface area contributed by atoms with Gasteiger partial charge < -0.3 is 20.7 Å². The zero-order chi connectivity index (χ0) is 22.1. The number of hydrogen-bond acceptors (Lipinski definition) is 4. The van der Waals surface area contributed by atoms with Crippen LogP contribution in [0, 0.1) is 0 Å². The molecule has 172 valence electrons. The van der Waals surface area contributed by atoms with Crippen LogP contribution in [0.5, 0.6) is 5.75 Å². The molecule has 0 aliphatic heterocycles. The van der Waals surface area contributed by atoms with Crippen LogP contribution in [-0.2, 0) is 18.3 Å². The second-order valence-corrected chi connectivity index (χ2v) is 8.48. The summed E-state index contributed by atoms with van der Waals surface area (Å²) in [5.74, 6) is 1.22. The van der Waals surface area contributed by atoms with Gasteiger partial charge in [-0.2, -0.15) is 5.10 Å². The topological polar surface area (TPSA) is 92.6 Å². The maximum atomic E-state index is 12.2. The molecule has 0 saturated heterocycles. The van der Waals surface area contributed by atoms with Gasteiger partial charge in [-0.15, -0.1) is 24.0 Å². The lowest BCUT2D eigenvalue weighted by Crippen LogP contribution is -2.42. The summed E-state index contributed by atoms with van der Waals surface area (Å²) in [6.07, 6.45) is 4.74. The summed E-state index contributed by atoms with van der Waals surface area (Å²) < 4.78 is 7.46. The molecule has 0 saturated carbocycles. The molecule has 0 fully saturated rings. The van der Waals surface area contributed by atoms with Crippen molar-refractivity contribution >= 4 is 41.5 Å². The fourth-order valence-corrected chi connectivity index (χ4v) is 2.70. The second-order valence-electron chi connectivity index (χ2n) is 8.48. The van der Waals surface area contributed by atoms with Gasteiger partial charge in [0.15, 0.2) is 5.96 Å². The van der Waals surface area contributed by atoms with Gasteiger partial charge in [0.1, 0.15) is 12.3 Å². The van der Waals surface area contributed by atoms with Crippen molar-refractivity contribution in [3.05, 3.63) is 42.2 Å². The first-order valence-corrected chi connectivity index (χ1v) is 10.2. The third-order valence-corrected chi connectivity index (χ3v) is 3.85. The van der Waals surface area contributed by atoms with Crippen LogP contribution in [0.4, 0.5) is 5.69 Å². The minimum absolute atomic E-state index is 0. The van der Waals surface area contributed by atoms with E-state index < -0.39 is 0 Å². The van der Waals surface area contributed by atoms with Gasteiger partial charge in [-0.25, -0.2) is 4.99 Å². The van der Waals surface area contributed by atoms with Gasteiger partial charge in [0.25, 0.3) is 0 Å². The standard InChI is InChI=1S/C22H34N6O2.HI/c1-16(2)30-19-9-7-18(8-10-19)26-21(24-14-20(29)27-22(3,4)5)23-12-11-17-13-25-28(6)15-17;/h7-10,13,15-16H,11-12,14H2,1-6H3,(H,27,29)(H2,23,24,26);1H. The molecule has 1 aromatic carbocycles. The number of carbonyl (C=O) groups is 1. The molecule has 1 heterocycles. The fourth-order valence-electron chi connectivity index (χ4n) is 2.70. The largest absolute Gasteiger partial charge is 0.491 e. The molecule has 0 spiro atoms. The van der Waals surface area contributed by atoms with Crippen LogP contribution in [0.3, 0.4) is 0 Å². The van der Waals surface area contributed by atoms with E-state index in [1.165, 1.54) is 0 Å². The van der Waals surface area contributed by atoms with Gasteiger partial charge in [-0.1, -0.05) is 0 Å². The Hall–Kier alpha value is -2.30. The van der Waals surface area contributed by atoms with Crippen molar-refractivity contribution in [3.63, 3.8) is 0 Å². The zero-order valence-corrected chi connectivity index (χ0v) is 21.6. The summed E-state index contributed by atoms with van der Waals surface area (Å²) in [6, 6.07) is 7.65. The quantitative estimate of drug-likeness (QED) is 0.271. The number of aromatic nitrogens is 2. The third-order valence-electron chi connectivity index (χ3n) is 3.85. The van der Waals surface area contributed by atoms with Gasteiger partial charge in [0, 0.05) is 31.0 Å². The number of nitrogens with one attached hydrogen (secondary N) is 3. The first-order valence-electron chi connectivity index (χ1n) is 10.2. The monoisotopic (exact) mass is 542 g/mol. The Morgan fingerprint density at radius 2 is 1.90 bits per heavy atom. The molecule has 2 aromatic rings. The average Bonchev–Trinajstić information content (AvgIpc) is 3.04. The summed E-state index contributed by atoms with van der Waals surface area (Å²) in [5.41, 5.74) is 1.69. The van der Waals surface area contributed by atoms with E-state index in [1.54, 1.807) is 4.68 Å². The predicted octanol–water partition coefficient (Wildman–Crippen LogP) is 3.34. The first-order chi connectivity index (χ1) is 14.1. The number of halogens is 1. The summed E-state index contributed by atoms with van der Waals surface area (Å²) in [5, 5.41) is 13.6. The highest BCUT2D eigenvalue weighted by atomic mass is 127. The van der Waals surface area contributed by atoms with Crippen molar-refractivity contribution in [1.82, 2.24) is 20.4 Å². The highest BCUT2D eigenvalue weighted by Gasteiger charge is 2.13. The van der Waals surface area contributed by atoms with E-state index in [2.05, 4.69) is 26.0 Å². The number of rotatable bonds is 8. The van der Waals surface area contributed by atoms with E-state index >= 15 is 0 Å². The predicted molar refractivity (Wildman–Crippen MR) is 136 cm³/mol. The van der Waals surface area contributed by atoms with E-state index in [0.717, 1.165) is 23.4 Å². The van der Waals surface area contributed by atoms with E-state index in [1.807, 2.05) is 78.3 Å². The van der Waals surface area contributed by atoms with Gasteiger partial charge in [0.05, 0.1) is 12.3 Å². The Morgan fingerprint density at radius 1 is 1.23 bits per heavy atom. The van der Waals surface area contributed by atoms with Gasteiger partial charge >= 0.3 is 0 Å². The lowest BCUT2D eigenvalue weighted by Gasteiger charge is -2.20. The number of anilines is 1. The number of aryl methyl sites for hydroxylation is 1. The van der Waals surface area contributed by atoms with E-state index in [0.29, 0.717) is 12.5 Å². The van der Waals surface area contributed by atoms with Gasteiger partial charge in [-0.05, 0) is 70.9 Å². The van der Waals surface area contributed by atoms with Crippen molar-refractivity contribution in [2.75, 3.05) is 18.4 Å². The Labute approximate surface area is 202 Å². The average molecular weight is 542 g/mol. The highest BCUT2D eigenvalue weighted by Crippen LogP contribution is 2.16. The maximum Gasteiger partial charge on any atom is 0.242 e. The number of carbonyl (C=O) groups excluding carboxylic acids is 1. The smallest absolute Gasteiger partial charge is 0.242 e. The molecule has 0 aliphatic rings. The van der Waals surface area contributed by atoms with Crippen LogP contribution in [0.1, 0.15) is 40.2 Å². The molecular formula is C22H35IN6O2. The highest BCUT2D eigenvalue weighted by molar-refractivity contribution is 14.0. The summed E-state index contributed by atoms with van der Waals surface area (Å²) in [6.45, 7) is 10.5. The van der Waals surface area contributed by atoms with E-state index in [-0.39, 0.29) is 48.1 Å². The number of amides is 1. The van der Waals surface area contributed by atoms with Crippen LogP contribution < -0.4 is 20.7 Å². The lowest BCUT2D eigenvalue weighted by atomic mass is 10.1. The van der Waals surface area contributed by atoms with Crippen molar-refractivity contribution in [2.45, 2.75) is 52.7 Å². The number of hydrogen-bond donors (Lipinski definition) is 3. The number of benzene rings is 1. The lowest BCUT2D eigenvalue weighted by molar-refractivity contribution is -0.121. The second kappa shape index (κ2) is 12.5. The normalized spacial score (nSPS) is 11.6. The molecule has 1 amide bonds. The first kappa shape index (κ1) is 26.7. The molecule has 0 atom stereocenters. The number of nitrogens with zero attached hydrogens (tertiary/aromatic N) is 3. The summed E-state index contributed by atoms with van der Waals surface area (Å²) >= 11 is 0. The molecular weight excluding hydrogens is 507 g/mol. The molecule has 1 aromatic heterocycles. The maximum absolute atomic E-state index is 12.2.